The summed E-state index contributed by atoms with van der Waals surface area (Å²) < 4.78 is 7.19. The number of furan rings is 1. The molecule has 1 N–H and O–H groups in total. The largest absolute Gasteiger partial charge is 0.463 e. The Morgan fingerprint density at radius 2 is 2.18 bits per heavy atom. The van der Waals surface area contributed by atoms with Crippen LogP contribution in [0.5, 0.6) is 0 Å². The number of pyridine rings is 1. The number of hydrogen-bond acceptors (Lipinski definition) is 4. The standard InChI is InChI=1S/C21H19ClN4O2/c1-3-17(13-11-23-26(2)12-13)25-21(27)15-10-18(19-8-5-9-28-19)24-20-14(15)6-4-7-16(20)22/h4-12,17H,3H2,1-2H3,(H,25,27). The number of benzene rings is 1. The number of fused-ring (bicyclic) bond motifs is 1. The molecule has 1 atom stereocenters. The molecule has 1 aromatic carbocycles. The fourth-order valence-electron chi connectivity index (χ4n) is 3.23. The van der Waals surface area contributed by atoms with Crippen molar-refractivity contribution >= 4 is 28.4 Å². The van der Waals surface area contributed by atoms with Gasteiger partial charge in [-0.1, -0.05) is 30.7 Å². The first-order valence-electron chi connectivity index (χ1n) is 8.99. The molecule has 0 radical (unpaired) electrons. The maximum absolute atomic E-state index is 13.2. The lowest BCUT2D eigenvalue weighted by Crippen LogP contribution is -2.28. The number of para-hydroxylation sites is 1. The normalized spacial score (nSPS) is 12.2. The fourth-order valence-corrected chi connectivity index (χ4v) is 3.45. The second-order valence-corrected chi connectivity index (χ2v) is 6.96. The predicted molar refractivity (Wildman–Crippen MR) is 108 cm³/mol. The second kappa shape index (κ2) is 7.48. The summed E-state index contributed by atoms with van der Waals surface area (Å²) in [4.78, 5) is 17.8. The van der Waals surface area contributed by atoms with E-state index in [2.05, 4.69) is 15.4 Å². The minimum absolute atomic E-state index is 0.143. The SMILES string of the molecule is CCC(NC(=O)c1cc(-c2ccco2)nc2c(Cl)cccc12)c1cnn(C)c1. The van der Waals surface area contributed by atoms with Crippen LogP contribution >= 0.6 is 11.6 Å². The molecule has 3 heterocycles. The van der Waals surface area contributed by atoms with Crippen LogP contribution < -0.4 is 5.32 Å². The van der Waals surface area contributed by atoms with E-state index < -0.39 is 0 Å². The minimum Gasteiger partial charge on any atom is -0.463 e. The Bertz CT molecular complexity index is 1130. The van der Waals surface area contributed by atoms with E-state index >= 15 is 0 Å². The van der Waals surface area contributed by atoms with Crippen LogP contribution in [-0.2, 0) is 7.05 Å². The van der Waals surface area contributed by atoms with E-state index in [9.17, 15) is 4.79 Å². The monoisotopic (exact) mass is 394 g/mol. The van der Waals surface area contributed by atoms with Crippen molar-refractivity contribution in [3.63, 3.8) is 0 Å². The molecule has 0 aliphatic carbocycles. The highest BCUT2D eigenvalue weighted by Crippen LogP contribution is 2.30. The van der Waals surface area contributed by atoms with Gasteiger partial charge in [0.1, 0.15) is 5.69 Å². The Labute approximate surface area is 167 Å². The second-order valence-electron chi connectivity index (χ2n) is 6.55. The Morgan fingerprint density at radius 1 is 1.32 bits per heavy atom. The minimum atomic E-state index is -0.196. The van der Waals surface area contributed by atoms with Crippen LogP contribution in [0.25, 0.3) is 22.4 Å². The number of amides is 1. The molecule has 4 rings (SSSR count). The zero-order valence-corrected chi connectivity index (χ0v) is 16.3. The van der Waals surface area contributed by atoms with Crippen LogP contribution in [0.4, 0.5) is 0 Å². The Kier molecular flexibility index (Phi) is 4.88. The zero-order chi connectivity index (χ0) is 19.7. The lowest BCUT2D eigenvalue weighted by Gasteiger charge is -2.17. The molecule has 0 fully saturated rings. The summed E-state index contributed by atoms with van der Waals surface area (Å²) in [5.41, 5.74) is 2.59. The van der Waals surface area contributed by atoms with Gasteiger partial charge in [0.25, 0.3) is 5.91 Å². The van der Waals surface area contributed by atoms with Gasteiger partial charge in [0, 0.05) is 24.2 Å². The molecule has 0 spiro atoms. The van der Waals surface area contributed by atoms with Gasteiger partial charge in [0.05, 0.1) is 34.6 Å². The van der Waals surface area contributed by atoms with Crippen LogP contribution in [0, 0.1) is 0 Å². The number of carbonyl (C=O) groups excluding carboxylic acids is 1. The van der Waals surface area contributed by atoms with Crippen LogP contribution in [0.15, 0.2) is 59.5 Å². The zero-order valence-electron chi connectivity index (χ0n) is 15.5. The van der Waals surface area contributed by atoms with Crippen molar-refractivity contribution in [1.29, 1.82) is 0 Å². The van der Waals surface area contributed by atoms with Crippen LogP contribution in [-0.4, -0.2) is 20.7 Å². The maximum Gasteiger partial charge on any atom is 0.252 e. The molecular formula is C21H19ClN4O2. The van der Waals surface area contributed by atoms with E-state index in [1.165, 1.54) is 0 Å². The van der Waals surface area contributed by atoms with Crippen molar-refractivity contribution in [3.05, 3.63) is 71.2 Å². The Hall–Kier alpha value is -3.12. The molecular weight excluding hydrogens is 376 g/mol. The molecule has 1 amide bonds. The van der Waals surface area contributed by atoms with E-state index in [1.807, 2.05) is 32.3 Å². The van der Waals surface area contributed by atoms with Crippen molar-refractivity contribution in [2.75, 3.05) is 0 Å². The number of rotatable bonds is 5. The first kappa shape index (κ1) is 18.3. The summed E-state index contributed by atoms with van der Waals surface area (Å²) in [6, 6.07) is 10.6. The van der Waals surface area contributed by atoms with Gasteiger partial charge in [-0.15, -0.1) is 0 Å². The van der Waals surface area contributed by atoms with Gasteiger partial charge in [0.2, 0.25) is 0 Å². The van der Waals surface area contributed by atoms with Gasteiger partial charge in [-0.05, 0) is 30.7 Å². The third kappa shape index (κ3) is 3.39. The van der Waals surface area contributed by atoms with Gasteiger partial charge in [-0.3, -0.25) is 9.48 Å². The molecule has 1 unspecified atom stereocenters. The predicted octanol–water partition coefficient (Wildman–Crippen LogP) is 4.76. The maximum atomic E-state index is 13.2. The third-order valence-electron chi connectivity index (χ3n) is 4.65. The highest BCUT2D eigenvalue weighted by atomic mass is 35.5. The quantitative estimate of drug-likeness (QED) is 0.529. The van der Waals surface area contributed by atoms with Crippen molar-refractivity contribution in [2.24, 2.45) is 7.05 Å². The van der Waals surface area contributed by atoms with Crippen LogP contribution in [0.3, 0.4) is 0 Å². The summed E-state index contributed by atoms with van der Waals surface area (Å²) in [7, 11) is 1.85. The Balaban J connectivity index is 1.78. The van der Waals surface area contributed by atoms with E-state index in [0.717, 1.165) is 12.0 Å². The van der Waals surface area contributed by atoms with E-state index in [0.29, 0.717) is 32.9 Å². The average molecular weight is 395 g/mol. The topological polar surface area (TPSA) is 73.0 Å². The molecule has 0 aliphatic rings. The molecule has 0 saturated carbocycles. The van der Waals surface area contributed by atoms with Gasteiger partial charge in [-0.25, -0.2) is 4.98 Å². The van der Waals surface area contributed by atoms with Gasteiger partial charge in [0.15, 0.2) is 5.76 Å². The summed E-state index contributed by atoms with van der Waals surface area (Å²) in [5.74, 6) is 0.383. The summed E-state index contributed by atoms with van der Waals surface area (Å²) >= 11 is 6.36. The van der Waals surface area contributed by atoms with E-state index in [4.69, 9.17) is 16.0 Å². The van der Waals surface area contributed by atoms with Crippen molar-refractivity contribution in [3.8, 4) is 11.5 Å². The number of aryl methyl sites for hydroxylation is 1. The first-order valence-corrected chi connectivity index (χ1v) is 9.37. The van der Waals surface area contributed by atoms with Crippen molar-refractivity contribution in [1.82, 2.24) is 20.1 Å². The van der Waals surface area contributed by atoms with Gasteiger partial charge < -0.3 is 9.73 Å². The molecule has 28 heavy (non-hydrogen) atoms. The number of hydrogen-bond donors (Lipinski definition) is 1. The highest BCUT2D eigenvalue weighted by Gasteiger charge is 2.20. The summed E-state index contributed by atoms with van der Waals surface area (Å²) in [6.45, 7) is 2.02. The molecule has 0 bridgehead atoms. The Morgan fingerprint density at radius 3 is 2.86 bits per heavy atom. The lowest BCUT2D eigenvalue weighted by atomic mass is 10.0. The first-order chi connectivity index (χ1) is 13.6. The summed E-state index contributed by atoms with van der Waals surface area (Å²) in [6.07, 6.45) is 5.99. The van der Waals surface area contributed by atoms with Crippen molar-refractivity contribution in [2.45, 2.75) is 19.4 Å². The fraction of sp³-hybridized carbons (Fsp3) is 0.190. The molecule has 7 heteroatoms. The van der Waals surface area contributed by atoms with Crippen LogP contribution in [0.1, 0.15) is 35.3 Å². The summed E-state index contributed by atoms with van der Waals surface area (Å²) in [5, 5.41) is 8.48. The molecule has 4 aromatic rings. The average Bonchev–Trinajstić information content (AvgIpc) is 3.37. The lowest BCUT2D eigenvalue weighted by molar-refractivity contribution is 0.0937. The number of carbonyl (C=O) groups is 1. The molecule has 3 aromatic heterocycles. The molecule has 0 aliphatic heterocycles. The molecule has 6 nitrogen and oxygen atoms in total. The molecule has 0 saturated heterocycles. The van der Waals surface area contributed by atoms with E-state index in [1.54, 1.807) is 41.4 Å². The smallest absolute Gasteiger partial charge is 0.252 e. The number of halogens is 1. The number of nitrogens with one attached hydrogen (secondary N) is 1. The molecule has 142 valence electrons. The van der Waals surface area contributed by atoms with Crippen LogP contribution in [0.2, 0.25) is 5.02 Å². The van der Waals surface area contributed by atoms with Crippen molar-refractivity contribution < 1.29 is 9.21 Å². The number of aromatic nitrogens is 3. The third-order valence-corrected chi connectivity index (χ3v) is 4.95. The highest BCUT2D eigenvalue weighted by molar-refractivity contribution is 6.35. The van der Waals surface area contributed by atoms with E-state index in [-0.39, 0.29) is 11.9 Å². The number of nitrogens with zero attached hydrogens (tertiary/aromatic N) is 3. The van der Waals surface area contributed by atoms with Gasteiger partial charge in [-0.2, -0.15) is 5.10 Å². The van der Waals surface area contributed by atoms with Gasteiger partial charge >= 0.3 is 0 Å².